The van der Waals surface area contributed by atoms with Crippen molar-refractivity contribution in [2.24, 2.45) is 0 Å². The standard InChI is InChI=1S/C7H8BO3S/c1-6-2-4-7(5-3-6)12(10,11)8-9/h2-5,9H,1H3. The molecule has 1 radical (unpaired) electrons. The lowest BCUT2D eigenvalue weighted by Gasteiger charge is -1.98. The van der Waals surface area contributed by atoms with E-state index in [4.69, 9.17) is 5.02 Å². The Kier molecular flexibility index (Phi) is 2.54. The predicted molar refractivity (Wildman–Crippen MR) is 46.3 cm³/mol. The number of aryl methyl sites for hydroxylation is 1. The van der Waals surface area contributed by atoms with Crippen LogP contribution >= 0.6 is 0 Å². The Labute approximate surface area is 72.1 Å². The van der Waals surface area contributed by atoms with Crippen LogP contribution in [0, 0.1) is 6.92 Å². The highest BCUT2D eigenvalue weighted by atomic mass is 32.2. The molecule has 1 rings (SSSR count). The summed E-state index contributed by atoms with van der Waals surface area (Å²) in [7, 11) is -3.58. The van der Waals surface area contributed by atoms with Gasteiger partial charge in [-0.15, -0.1) is 0 Å². The van der Waals surface area contributed by atoms with Gasteiger partial charge in [-0.3, -0.25) is 0 Å². The molecule has 5 heteroatoms. The Morgan fingerprint density at radius 3 is 2.17 bits per heavy atom. The molecule has 1 N–H and O–H groups in total. The van der Waals surface area contributed by atoms with Gasteiger partial charge in [0.1, 0.15) is 0 Å². The van der Waals surface area contributed by atoms with Crippen LogP contribution < -0.4 is 0 Å². The molecule has 0 bridgehead atoms. The summed E-state index contributed by atoms with van der Waals surface area (Å²) in [5, 5.41) is 8.40. The Morgan fingerprint density at radius 1 is 1.25 bits per heavy atom. The molecule has 1 aromatic carbocycles. The van der Waals surface area contributed by atoms with Crippen molar-refractivity contribution in [2.75, 3.05) is 0 Å². The number of rotatable bonds is 2. The van der Waals surface area contributed by atoms with Gasteiger partial charge in [-0.1, -0.05) is 17.7 Å². The van der Waals surface area contributed by atoms with Crippen LogP contribution in [-0.4, -0.2) is 20.2 Å². The zero-order valence-corrected chi connectivity index (χ0v) is 7.38. The van der Waals surface area contributed by atoms with Crippen molar-refractivity contribution in [3.63, 3.8) is 0 Å². The third-order valence-electron chi connectivity index (χ3n) is 1.49. The van der Waals surface area contributed by atoms with E-state index in [1.54, 1.807) is 12.1 Å². The lowest BCUT2D eigenvalue weighted by molar-refractivity contribution is 0.583. The summed E-state index contributed by atoms with van der Waals surface area (Å²) in [6.45, 7) is 2.07. The molecule has 0 aliphatic heterocycles. The van der Waals surface area contributed by atoms with E-state index in [1.165, 1.54) is 12.1 Å². The number of benzene rings is 1. The van der Waals surface area contributed by atoms with E-state index in [9.17, 15) is 8.42 Å². The van der Waals surface area contributed by atoms with Crippen molar-refractivity contribution >= 4 is 16.4 Å². The van der Waals surface area contributed by atoms with Gasteiger partial charge < -0.3 is 5.02 Å². The van der Waals surface area contributed by atoms with Crippen molar-refractivity contribution in [2.45, 2.75) is 11.8 Å². The van der Waals surface area contributed by atoms with Crippen molar-refractivity contribution in [1.82, 2.24) is 0 Å². The zero-order valence-electron chi connectivity index (χ0n) is 6.56. The van der Waals surface area contributed by atoms with E-state index in [-0.39, 0.29) is 11.7 Å². The molecule has 0 aliphatic rings. The zero-order chi connectivity index (χ0) is 9.19. The Balaban J connectivity index is 3.14. The SMILES string of the molecule is Cc1ccc(S(=O)(=O)[B]O)cc1. The summed E-state index contributed by atoms with van der Waals surface area (Å²) >= 11 is 0. The molecule has 0 saturated heterocycles. The molecule has 0 fully saturated rings. The minimum absolute atomic E-state index is 0.107. The second-order valence-corrected chi connectivity index (χ2v) is 4.24. The highest BCUT2D eigenvalue weighted by Gasteiger charge is 2.14. The first-order valence-electron chi connectivity index (χ1n) is 3.35. The van der Waals surface area contributed by atoms with Crippen LogP contribution in [-0.2, 0) is 9.69 Å². The fourth-order valence-electron chi connectivity index (χ4n) is 0.789. The number of hydrogen-bond donors (Lipinski definition) is 1. The maximum absolute atomic E-state index is 11.0. The molecule has 63 valence electrons. The molecular weight excluding hydrogens is 175 g/mol. The first kappa shape index (κ1) is 9.28. The molecule has 0 aromatic heterocycles. The first-order chi connectivity index (χ1) is 5.56. The van der Waals surface area contributed by atoms with E-state index in [0.717, 1.165) is 5.56 Å². The third kappa shape index (κ3) is 1.87. The van der Waals surface area contributed by atoms with E-state index in [0.29, 0.717) is 0 Å². The second kappa shape index (κ2) is 3.29. The van der Waals surface area contributed by atoms with Gasteiger partial charge >= 0.3 is 6.76 Å². The van der Waals surface area contributed by atoms with Gasteiger partial charge in [0.2, 0.25) is 0 Å². The van der Waals surface area contributed by atoms with Crippen LogP contribution in [0.15, 0.2) is 29.2 Å². The van der Waals surface area contributed by atoms with Gasteiger partial charge in [-0.25, -0.2) is 8.42 Å². The minimum Gasteiger partial charge on any atom is -0.440 e. The van der Waals surface area contributed by atoms with Crippen molar-refractivity contribution in [1.29, 1.82) is 0 Å². The molecule has 0 unspecified atom stereocenters. The smallest absolute Gasteiger partial charge is 0.440 e. The van der Waals surface area contributed by atoms with E-state index in [1.807, 2.05) is 6.92 Å². The monoisotopic (exact) mass is 183 g/mol. The fraction of sp³-hybridized carbons (Fsp3) is 0.143. The lowest BCUT2D eigenvalue weighted by atomic mass is 10.2. The van der Waals surface area contributed by atoms with Crippen LogP contribution in [0.2, 0.25) is 0 Å². The molecule has 0 atom stereocenters. The van der Waals surface area contributed by atoms with Gasteiger partial charge in [-0.05, 0) is 19.1 Å². The van der Waals surface area contributed by atoms with Crippen LogP contribution in [0.1, 0.15) is 5.56 Å². The summed E-state index contributed by atoms with van der Waals surface area (Å²) in [4.78, 5) is 0.107. The summed E-state index contributed by atoms with van der Waals surface area (Å²) in [5.74, 6) is 0. The molecule has 0 amide bonds. The quantitative estimate of drug-likeness (QED) is 0.670. The lowest BCUT2D eigenvalue weighted by Crippen LogP contribution is -2.09. The van der Waals surface area contributed by atoms with Crippen LogP contribution in [0.3, 0.4) is 0 Å². The highest BCUT2D eigenvalue weighted by Crippen LogP contribution is 2.09. The average Bonchev–Trinajstić information content (AvgIpc) is 2.05. The minimum atomic E-state index is -3.58. The van der Waals surface area contributed by atoms with Crippen molar-refractivity contribution in [3.05, 3.63) is 29.8 Å². The van der Waals surface area contributed by atoms with E-state index >= 15 is 0 Å². The molecule has 12 heavy (non-hydrogen) atoms. The maximum Gasteiger partial charge on any atom is 0.458 e. The molecule has 0 saturated carbocycles. The molecule has 3 nitrogen and oxygen atoms in total. The molecule has 1 aromatic rings. The first-order valence-corrected chi connectivity index (χ1v) is 4.90. The van der Waals surface area contributed by atoms with Gasteiger partial charge in [-0.2, -0.15) is 0 Å². The van der Waals surface area contributed by atoms with Crippen LogP contribution in [0.25, 0.3) is 0 Å². The summed E-state index contributed by atoms with van der Waals surface area (Å²) in [6.07, 6.45) is 0. The number of hydrogen-bond acceptors (Lipinski definition) is 3. The van der Waals surface area contributed by atoms with Crippen LogP contribution in [0.5, 0.6) is 0 Å². The molecule has 0 aliphatic carbocycles. The van der Waals surface area contributed by atoms with Crippen molar-refractivity contribution < 1.29 is 13.4 Å². The van der Waals surface area contributed by atoms with E-state index < -0.39 is 9.69 Å². The molecule has 0 heterocycles. The predicted octanol–water partition coefficient (Wildman–Crippen LogP) is 0.295. The molecule has 0 spiro atoms. The second-order valence-electron chi connectivity index (χ2n) is 2.46. The fourth-order valence-corrected chi connectivity index (χ4v) is 1.43. The van der Waals surface area contributed by atoms with Gasteiger partial charge in [0.05, 0.1) is 4.90 Å². The van der Waals surface area contributed by atoms with Gasteiger partial charge in [0.15, 0.2) is 9.69 Å². The Morgan fingerprint density at radius 2 is 1.75 bits per heavy atom. The molecular formula is C7H8BO3S. The van der Waals surface area contributed by atoms with Crippen LogP contribution in [0.4, 0.5) is 0 Å². The average molecular weight is 183 g/mol. The Bertz CT molecular complexity index is 355. The largest absolute Gasteiger partial charge is 0.458 e. The van der Waals surface area contributed by atoms with Crippen molar-refractivity contribution in [3.8, 4) is 0 Å². The van der Waals surface area contributed by atoms with E-state index in [2.05, 4.69) is 0 Å². The normalized spacial score (nSPS) is 11.2. The van der Waals surface area contributed by atoms with Gasteiger partial charge in [0, 0.05) is 0 Å². The third-order valence-corrected chi connectivity index (χ3v) is 2.70. The Hall–Kier alpha value is -0.805. The summed E-state index contributed by atoms with van der Waals surface area (Å²) in [5.41, 5.74) is 0.979. The topological polar surface area (TPSA) is 54.4 Å². The summed E-state index contributed by atoms with van der Waals surface area (Å²) in [6, 6.07) is 6.27. The summed E-state index contributed by atoms with van der Waals surface area (Å²) < 4.78 is 22.0. The maximum atomic E-state index is 11.0. The highest BCUT2D eigenvalue weighted by molar-refractivity contribution is 8.14. The van der Waals surface area contributed by atoms with Gasteiger partial charge in [0.25, 0.3) is 0 Å².